The fourth-order valence-corrected chi connectivity index (χ4v) is 13.4. The number of benzene rings is 1. The van der Waals surface area contributed by atoms with Gasteiger partial charge < -0.3 is 86.4 Å². The van der Waals surface area contributed by atoms with Crippen LogP contribution in [0.1, 0.15) is 188 Å². The predicted octanol–water partition coefficient (Wildman–Crippen LogP) is 4.25. The number of carbonyl (C=O) groups is 13. The van der Waals surface area contributed by atoms with Crippen LogP contribution in [0.4, 0.5) is 5.69 Å². The predicted molar refractivity (Wildman–Crippen MR) is 411 cm³/mol. The van der Waals surface area contributed by atoms with Crippen molar-refractivity contribution in [1.29, 1.82) is 0 Å². The summed E-state index contributed by atoms with van der Waals surface area (Å²) >= 11 is 0. The van der Waals surface area contributed by atoms with E-state index in [0.29, 0.717) is 25.8 Å². The molecule has 3 rings (SSSR count). The van der Waals surface area contributed by atoms with E-state index in [1.54, 1.807) is 23.8 Å². The molecule has 109 heavy (non-hydrogen) atoms. The lowest BCUT2D eigenvalue weighted by atomic mass is 9.89. The number of carbonyl (C=O) groups excluding carboxylic acids is 12. The zero-order valence-corrected chi connectivity index (χ0v) is 69.3. The Kier molecular flexibility index (Phi) is 37.7. The highest BCUT2D eigenvalue weighted by atomic mass is 16.5. The van der Waals surface area contributed by atoms with Gasteiger partial charge in [-0.05, 0) is 101 Å². The molecule has 0 unspecified atom stereocenters. The first-order chi connectivity index (χ1) is 50.5. The zero-order valence-electron chi connectivity index (χ0n) is 69.3. The Hall–Kier alpha value is -7.87. The fraction of sp³-hybridized carbons (Fsp3) is 0.756. The average molecular weight is 1540 g/mol. The summed E-state index contributed by atoms with van der Waals surface area (Å²) in [5, 5.41) is 35.1. The molecule has 1 saturated heterocycles. The molecule has 1 aromatic carbocycles. The number of esters is 1. The third kappa shape index (κ3) is 31.1. The number of aliphatic carboxylic acids is 1. The van der Waals surface area contributed by atoms with Gasteiger partial charge in [-0.25, -0.2) is 9.59 Å². The van der Waals surface area contributed by atoms with Gasteiger partial charge in [0, 0.05) is 83.8 Å². The highest BCUT2D eigenvalue weighted by Crippen LogP contribution is 2.33. The van der Waals surface area contributed by atoms with Gasteiger partial charge in [-0.15, -0.1) is 0 Å². The number of anilines is 1. The van der Waals surface area contributed by atoms with Crippen LogP contribution in [0, 0.1) is 45.3 Å². The Morgan fingerprint density at radius 1 is 0.642 bits per heavy atom. The second kappa shape index (κ2) is 43.1. The largest absolute Gasteiger partial charge is 0.480 e. The molecule has 10 N–H and O–H groups in total. The van der Waals surface area contributed by atoms with E-state index in [-0.39, 0.29) is 136 Å². The number of ether oxygens (including phenoxy) is 5. The van der Waals surface area contributed by atoms with Crippen molar-refractivity contribution in [1.82, 2.24) is 57.2 Å². The molecule has 1 fully saturated rings. The number of methoxy groups -OCH3 is 2. The monoisotopic (exact) mass is 1540 g/mol. The van der Waals surface area contributed by atoms with E-state index in [4.69, 9.17) is 23.7 Å². The summed E-state index contributed by atoms with van der Waals surface area (Å²) in [4.78, 5) is 183. The first kappa shape index (κ1) is 95.3. The minimum atomic E-state index is -1.63. The maximum absolute atomic E-state index is 14.7. The van der Waals surface area contributed by atoms with Crippen molar-refractivity contribution >= 4 is 82.6 Å². The van der Waals surface area contributed by atoms with E-state index in [2.05, 4.69) is 47.9 Å². The van der Waals surface area contributed by atoms with Crippen molar-refractivity contribution < 1.29 is 91.1 Å². The highest BCUT2D eigenvalue weighted by molar-refractivity contribution is 6.00. The van der Waals surface area contributed by atoms with Crippen molar-refractivity contribution in [3.63, 3.8) is 0 Å². The number of rotatable bonds is 21. The number of likely N-dealkylation sites (N-methyl/N-ethyl adjacent to an activating group) is 2. The minimum Gasteiger partial charge on any atom is -0.480 e. The molecule has 0 spiro atoms. The molecule has 31 nitrogen and oxygen atoms in total. The Labute approximate surface area is 645 Å². The summed E-state index contributed by atoms with van der Waals surface area (Å²) in [5.74, 6) is -9.98. The van der Waals surface area contributed by atoms with Crippen molar-refractivity contribution in [2.45, 2.75) is 256 Å². The summed E-state index contributed by atoms with van der Waals surface area (Å²) in [6, 6.07) is -5.30. The van der Waals surface area contributed by atoms with Crippen LogP contribution in [0.15, 0.2) is 18.2 Å². The second-order valence-electron chi connectivity index (χ2n) is 33.9. The number of amides is 11. The Balaban J connectivity index is 1.95. The van der Waals surface area contributed by atoms with Crippen LogP contribution in [0.25, 0.3) is 0 Å². The van der Waals surface area contributed by atoms with Crippen LogP contribution in [-0.4, -0.2) is 245 Å². The molecule has 0 saturated carbocycles. The molecule has 0 radical (unpaired) electrons. The Morgan fingerprint density at radius 3 is 1.60 bits per heavy atom. The molecule has 0 aromatic heterocycles. The quantitative estimate of drug-likeness (QED) is 0.0607. The van der Waals surface area contributed by atoms with Crippen LogP contribution in [0.3, 0.4) is 0 Å². The lowest BCUT2D eigenvalue weighted by Crippen LogP contribution is -2.59. The van der Waals surface area contributed by atoms with Crippen molar-refractivity contribution in [3.8, 4) is 5.75 Å². The molecule has 1 aromatic rings. The van der Waals surface area contributed by atoms with E-state index in [0.717, 1.165) is 0 Å². The van der Waals surface area contributed by atoms with Crippen LogP contribution < -0.4 is 52.6 Å². The molecular weight excluding hydrogens is 1410 g/mol. The number of fused-ring (bicyclic) bond motifs is 1. The maximum atomic E-state index is 14.7. The van der Waals surface area contributed by atoms with Crippen molar-refractivity contribution in [2.75, 3.05) is 86.7 Å². The van der Waals surface area contributed by atoms with E-state index < -0.39 is 148 Å². The van der Waals surface area contributed by atoms with Crippen LogP contribution in [0.5, 0.6) is 5.75 Å². The Morgan fingerprint density at radius 2 is 1.14 bits per heavy atom. The van der Waals surface area contributed by atoms with Crippen molar-refractivity contribution in [2.24, 2.45) is 45.3 Å². The summed E-state index contributed by atoms with van der Waals surface area (Å²) in [6.45, 7) is 34.9. The van der Waals surface area contributed by atoms with E-state index in [1.807, 2.05) is 116 Å². The minimum absolute atomic E-state index is 0.0422. The summed E-state index contributed by atoms with van der Waals surface area (Å²) < 4.78 is 30.0. The lowest BCUT2D eigenvalue weighted by Gasteiger charge is -2.41. The highest BCUT2D eigenvalue weighted by Gasteiger charge is 2.44. The Bertz CT molecular complexity index is 3280. The normalized spacial score (nSPS) is 24.0. The molecule has 0 aliphatic carbocycles. The van der Waals surface area contributed by atoms with Crippen LogP contribution >= 0.6 is 0 Å². The number of likely N-dealkylation sites (tertiary alicyclic amines) is 1. The molecule has 13 atom stereocenters. The van der Waals surface area contributed by atoms with Gasteiger partial charge in [0.2, 0.25) is 65.0 Å². The van der Waals surface area contributed by atoms with Gasteiger partial charge in [-0.1, -0.05) is 116 Å². The molecule has 11 amide bonds. The van der Waals surface area contributed by atoms with E-state index in [1.165, 1.54) is 60.1 Å². The topological polar surface area (TPSA) is 406 Å². The molecule has 618 valence electrons. The lowest BCUT2D eigenvalue weighted by molar-refractivity contribution is -0.148. The zero-order chi connectivity index (χ0) is 83.0. The SMILES string of the molecule is CC[C@H](C)[C@@H]([C@@H](CC(=O)N1CCC[C@H]1[C@H](OC)[C@@H](C)C(=O)N[C@@H](Cc1ccc2c(c1)NC(=O)[C@H](C)NC(=O)[C@H](C)NC(=O)CC(C)(C)COCC(C)(C)CNC(=O)CCC(=O)NCC(C)(C)COCC(C)(C)CC(=O)N[C@@H](C)C(=O)N[C@@H](C)C(=O)O2)C(=O)O)OC)N(C)C(=O)[C@@H](NC(=O)[C@H](C(C)C)N(C)C)C(C)C. The van der Waals surface area contributed by atoms with Crippen LogP contribution in [0.2, 0.25) is 0 Å². The van der Waals surface area contributed by atoms with Gasteiger partial charge in [0.1, 0.15) is 36.3 Å². The number of hydrogen-bond acceptors (Lipinski definition) is 19. The first-order valence-electron chi connectivity index (χ1n) is 38.2. The first-order valence-corrected chi connectivity index (χ1v) is 38.2. The number of hydrogen-bond donors (Lipinski definition) is 10. The molecule has 2 heterocycles. The van der Waals surface area contributed by atoms with E-state index >= 15 is 0 Å². The number of carboxylic acid groups (broad SMARTS) is 1. The molecular formula is C78H132N12O19. The van der Waals surface area contributed by atoms with Crippen LogP contribution in [-0.2, 0) is 87.7 Å². The summed E-state index contributed by atoms with van der Waals surface area (Å²) in [5.41, 5.74) is -2.53. The number of carboxylic acids is 1. The smallest absolute Gasteiger partial charge is 0.333 e. The standard InChI is InChI=1S/C78H132N12O19/c1-25-46(6)65(89(22)72(101)63(44(2)3)87-71(100)64(45(4)5)88(20)21)57(105-23)35-62(95)90-32-26-27-55(90)66(106-24)47(7)67(96)86-54(73(102)103)34-52-28-29-56-53(33-52)85-70(99)50(10)83-68(97)48(8)81-60(93)36-75(12,13)40-107-42-77(16,17)38-79-58(91)30-31-59(92)80-39-78(18,19)43-108-41-76(14,15)37-61(94)82-49(9)69(98)84-51(11)74(104)109-56/h28-29,33,44-51,54-55,57,63-66H,25-27,30-32,34-43H2,1-24H3,(H,79,91)(H,80,92)(H,81,93)(H,82,94)(H,83,97)(H,84,98)(H,85,99)(H,86,96)(H,87,100)(H,102,103)/t46-,47+,48-,49-,50-,51-,54-,55-,57+,63-,64-,65-,66+/m0/s1. The van der Waals surface area contributed by atoms with E-state index in [9.17, 15) is 67.4 Å². The maximum Gasteiger partial charge on any atom is 0.333 e. The van der Waals surface area contributed by atoms with Gasteiger partial charge in [0.05, 0.1) is 74.8 Å². The van der Waals surface area contributed by atoms with Crippen molar-refractivity contribution in [3.05, 3.63) is 23.8 Å². The van der Waals surface area contributed by atoms with Gasteiger partial charge in [0.25, 0.3) is 0 Å². The average Bonchev–Trinajstić information content (AvgIpc) is 1.80. The summed E-state index contributed by atoms with van der Waals surface area (Å²) in [7, 11) is 8.15. The second-order valence-corrected chi connectivity index (χ2v) is 33.9. The van der Waals surface area contributed by atoms with Gasteiger partial charge in [0.15, 0.2) is 5.75 Å². The number of nitrogens with one attached hydrogen (secondary N) is 9. The van der Waals surface area contributed by atoms with Gasteiger partial charge in [-0.3, -0.25) is 57.6 Å². The summed E-state index contributed by atoms with van der Waals surface area (Å²) in [6.07, 6.45) is -0.938. The number of nitrogens with zero attached hydrogens (tertiary/aromatic N) is 3. The molecule has 31 heteroatoms. The molecule has 2 aliphatic heterocycles. The fourth-order valence-electron chi connectivity index (χ4n) is 13.4. The third-order valence-electron chi connectivity index (χ3n) is 19.9. The molecule has 0 bridgehead atoms. The molecule has 2 aliphatic rings. The van der Waals surface area contributed by atoms with Gasteiger partial charge in [-0.2, -0.15) is 0 Å². The van der Waals surface area contributed by atoms with Gasteiger partial charge >= 0.3 is 11.9 Å². The third-order valence-corrected chi connectivity index (χ3v) is 19.9.